The molecule has 5 nitrogen and oxygen atoms in total. The van der Waals surface area contributed by atoms with Gasteiger partial charge < -0.3 is 10.4 Å². The van der Waals surface area contributed by atoms with Gasteiger partial charge in [-0.2, -0.15) is 0 Å². The lowest BCUT2D eigenvalue weighted by Gasteiger charge is -2.36. The molecule has 0 aliphatic heterocycles. The Hall–Kier alpha value is -0.720. The maximum atomic E-state index is 8.99. The summed E-state index contributed by atoms with van der Waals surface area (Å²) in [6.45, 7) is 5.19. The van der Waals surface area contributed by atoms with E-state index in [0.717, 1.165) is 42.6 Å². The molecule has 2 N–H and O–H groups in total. The molecule has 1 fully saturated rings. The number of aliphatic hydroxyl groups excluding tert-OH is 1. The zero-order chi connectivity index (χ0) is 13.5. The molecule has 108 valence electrons. The van der Waals surface area contributed by atoms with Crippen LogP contribution in [0.3, 0.4) is 0 Å². The van der Waals surface area contributed by atoms with Crippen LogP contribution in [-0.4, -0.2) is 45.9 Å². The van der Waals surface area contributed by atoms with Crippen molar-refractivity contribution in [2.75, 3.05) is 25.0 Å². The molecule has 6 heteroatoms. The van der Waals surface area contributed by atoms with Gasteiger partial charge in [0.25, 0.3) is 0 Å². The van der Waals surface area contributed by atoms with Crippen LogP contribution in [0.1, 0.15) is 44.0 Å². The first-order valence-corrected chi connectivity index (χ1v) is 8.06. The number of hydrogen-bond acceptors (Lipinski definition) is 6. The molecule has 0 spiro atoms. The largest absolute Gasteiger partial charge is 0.396 e. The lowest BCUT2D eigenvalue weighted by atomic mass is 9.91. The standard InChI is InChI=1S/C13H24N4OS/c1-2-7-14-13-16-15-12(19-13)10-17(8-4-9-18)11-5-3-6-11/h11,18H,2-10H2,1H3,(H,14,16). The van der Waals surface area contributed by atoms with Gasteiger partial charge in [-0.3, -0.25) is 4.90 Å². The van der Waals surface area contributed by atoms with Gasteiger partial charge >= 0.3 is 0 Å². The number of hydrogen-bond donors (Lipinski definition) is 2. The van der Waals surface area contributed by atoms with Crippen LogP contribution in [0.15, 0.2) is 0 Å². The zero-order valence-electron chi connectivity index (χ0n) is 11.6. The molecular formula is C13H24N4OS. The van der Waals surface area contributed by atoms with Crippen molar-refractivity contribution in [3.63, 3.8) is 0 Å². The van der Waals surface area contributed by atoms with Crippen molar-refractivity contribution in [2.45, 2.75) is 51.6 Å². The first kappa shape index (κ1) is 14.7. The van der Waals surface area contributed by atoms with Gasteiger partial charge in [-0.25, -0.2) is 0 Å². The number of aromatic nitrogens is 2. The van der Waals surface area contributed by atoms with Gasteiger partial charge in [0.05, 0.1) is 6.54 Å². The summed E-state index contributed by atoms with van der Waals surface area (Å²) in [5, 5.41) is 22.7. The minimum atomic E-state index is 0.267. The van der Waals surface area contributed by atoms with Crippen molar-refractivity contribution in [3.8, 4) is 0 Å². The number of nitrogens with one attached hydrogen (secondary N) is 1. The van der Waals surface area contributed by atoms with Crippen molar-refractivity contribution in [2.24, 2.45) is 0 Å². The predicted molar refractivity (Wildman–Crippen MR) is 78.4 cm³/mol. The van der Waals surface area contributed by atoms with Crippen molar-refractivity contribution >= 4 is 16.5 Å². The van der Waals surface area contributed by atoms with Crippen LogP contribution in [0.5, 0.6) is 0 Å². The highest BCUT2D eigenvalue weighted by molar-refractivity contribution is 7.15. The first-order valence-electron chi connectivity index (χ1n) is 7.24. The first-order chi connectivity index (χ1) is 9.33. The topological polar surface area (TPSA) is 61.3 Å². The maximum Gasteiger partial charge on any atom is 0.205 e. The van der Waals surface area contributed by atoms with Crippen LogP contribution in [0.25, 0.3) is 0 Å². The van der Waals surface area contributed by atoms with Gasteiger partial charge in [-0.05, 0) is 25.7 Å². The maximum absolute atomic E-state index is 8.99. The van der Waals surface area contributed by atoms with E-state index in [2.05, 4.69) is 27.3 Å². The summed E-state index contributed by atoms with van der Waals surface area (Å²) in [4.78, 5) is 2.45. The third-order valence-corrected chi connectivity index (χ3v) is 4.39. The highest BCUT2D eigenvalue weighted by Crippen LogP contribution is 2.27. The lowest BCUT2D eigenvalue weighted by Crippen LogP contribution is -2.40. The summed E-state index contributed by atoms with van der Waals surface area (Å²) < 4.78 is 0. The Bertz CT molecular complexity index is 367. The van der Waals surface area contributed by atoms with E-state index in [4.69, 9.17) is 5.11 Å². The molecule has 2 rings (SSSR count). The molecule has 0 atom stereocenters. The van der Waals surface area contributed by atoms with E-state index < -0.39 is 0 Å². The molecule has 1 aromatic rings. The second-order valence-corrected chi connectivity index (χ2v) is 6.12. The molecule has 0 amide bonds. The summed E-state index contributed by atoms with van der Waals surface area (Å²) in [5.74, 6) is 0. The lowest BCUT2D eigenvalue weighted by molar-refractivity contribution is 0.109. The molecule has 0 bridgehead atoms. The van der Waals surface area contributed by atoms with Crippen molar-refractivity contribution in [1.82, 2.24) is 15.1 Å². The number of anilines is 1. The minimum absolute atomic E-state index is 0.267. The quantitative estimate of drug-likeness (QED) is 0.727. The third kappa shape index (κ3) is 4.40. The smallest absolute Gasteiger partial charge is 0.205 e. The number of nitrogens with zero attached hydrogens (tertiary/aromatic N) is 3. The van der Waals surface area contributed by atoms with E-state index in [-0.39, 0.29) is 6.61 Å². The second-order valence-electron chi connectivity index (χ2n) is 5.06. The normalized spacial score (nSPS) is 15.7. The summed E-state index contributed by atoms with van der Waals surface area (Å²) in [6, 6.07) is 0.683. The summed E-state index contributed by atoms with van der Waals surface area (Å²) >= 11 is 1.65. The average Bonchev–Trinajstić information content (AvgIpc) is 2.79. The van der Waals surface area contributed by atoms with E-state index in [0.29, 0.717) is 6.04 Å². The van der Waals surface area contributed by atoms with Gasteiger partial charge in [-0.1, -0.05) is 24.7 Å². The molecule has 0 aromatic carbocycles. The molecule has 1 aromatic heterocycles. The molecule has 0 unspecified atom stereocenters. The number of aliphatic hydroxyl groups is 1. The van der Waals surface area contributed by atoms with E-state index in [9.17, 15) is 0 Å². The molecule has 1 aliphatic rings. The summed E-state index contributed by atoms with van der Waals surface area (Å²) in [7, 11) is 0. The SMILES string of the molecule is CCCNc1nnc(CN(CCCO)C2CCC2)s1. The van der Waals surface area contributed by atoms with Gasteiger partial charge in [0.2, 0.25) is 5.13 Å². The van der Waals surface area contributed by atoms with Crippen molar-refractivity contribution < 1.29 is 5.11 Å². The van der Waals surface area contributed by atoms with Crippen LogP contribution in [0.2, 0.25) is 0 Å². The van der Waals surface area contributed by atoms with Gasteiger partial charge in [0.1, 0.15) is 5.01 Å². The van der Waals surface area contributed by atoms with Crippen LogP contribution >= 0.6 is 11.3 Å². The van der Waals surface area contributed by atoms with Crippen LogP contribution < -0.4 is 5.32 Å². The minimum Gasteiger partial charge on any atom is -0.396 e. The van der Waals surface area contributed by atoms with Gasteiger partial charge in [0, 0.05) is 25.7 Å². The molecule has 0 saturated heterocycles. The monoisotopic (exact) mass is 284 g/mol. The van der Waals surface area contributed by atoms with Crippen LogP contribution in [-0.2, 0) is 6.54 Å². The molecular weight excluding hydrogens is 260 g/mol. The Morgan fingerprint density at radius 1 is 1.42 bits per heavy atom. The van der Waals surface area contributed by atoms with E-state index in [1.54, 1.807) is 11.3 Å². The number of rotatable bonds is 9. The Balaban J connectivity index is 1.86. The second kappa shape index (κ2) is 7.77. The highest BCUT2D eigenvalue weighted by atomic mass is 32.1. The third-order valence-electron chi connectivity index (χ3n) is 3.53. The van der Waals surface area contributed by atoms with E-state index in [1.165, 1.54) is 19.3 Å². The molecule has 0 radical (unpaired) electrons. The summed E-state index contributed by atoms with van der Waals surface area (Å²) in [5.41, 5.74) is 0. The van der Waals surface area contributed by atoms with E-state index >= 15 is 0 Å². The van der Waals surface area contributed by atoms with E-state index in [1.807, 2.05) is 0 Å². The fourth-order valence-electron chi connectivity index (χ4n) is 2.21. The molecule has 19 heavy (non-hydrogen) atoms. The highest BCUT2D eigenvalue weighted by Gasteiger charge is 2.25. The predicted octanol–water partition coefficient (Wildman–Crippen LogP) is 2.10. The molecule has 1 heterocycles. The fraction of sp³-hybridized carbons (Fsp3) is 0.846. The Kier molecular flexibility index (Phi) is 6.00. The Morgan fingerprint density at radius 2 is 2.26 bits per heavy atom. The Labute approximate surface area is 119 Å². The molecule has 1 aliphatic carbocycles. The molecule has 1 saturated carbocycles. The van der Waals surface area contributed by atoms with Crippen LogP contribution in [0, 0.1) is 0 Å². The zero-order valence-corrected chi connectivity index (χ0v) is 12.5. The van der Waals surface area contributed by atoms with Gasteiger partial charge in [0.15, 0.2) is 0 Å². The average molecular weight is 284 g/mol. The van der Waals surface area contributed by atoms with Gasteiger partial charge in [-0.15, -0.1) is 10.2 Å². The Morgan fingerprint density at radius 3 is 2.89 bits per heavy atom. The fourth-order valence-corrected chi connectivity index (χ4v) is 3.00. The van der Waals surface area contributed by atoms with Crippen LogP contribution in [0.4, 0.5) is 5.13 Å². The van der Waals surface area contributed by atoms with Crippen molar-refractivity contribution in [1.29, 1.82) is 0 Å². The van der Waals surface area contributed by atoms with Crippen molar-refractivity contribution in [3.05, 3.63) is 5.01 Å². The summed E-state index contributed by atoms with van der Waals surface area (Å²) in [6.07, 6.45) is 5.84.